The molecule has 3 rings (SSSR count). The predicted octanol–water partition coefficient (Wildman–Crippen LogP) is 2.88. The van der Waals surface area contributed by atoms with Crippen molar-refractivity contribution in [1.29, 1.82) is 0 Å². The molecule has 10 heteroatoms. The topological polar surface area (TPSA) is 102 Å². The van der Waals surface area contributed by atoms with Crippen molar-refractivity contribution in [3.8, 4) is 0 Å². The lowest BCUT2D eigenvalue weighted by molar-refractivity contribution is 0.103. The Morgan fingerprint density at radius 3 is 2.77 bits per heavy atom. The Balaban J connectivity index is 2.02. The first kappa shape index (κ1) is 17.9. The number of nitrogens with one attached hydrogen (secondary N) is 1. The van der Waals surface area contributed by atoms with E-state index >= 15 is 0 Å². The fraction of sp³-hybridized carbons (Fsp3) is 0.188. The summed E-state index contributed by atoms with van der Waals surface area (Å²) in [4.78, 5) is 20.3. The van der Waals surface area contributed by atoms with Crippen LogP contribution in [-0.2, 0) is 10.0 Å². The first-order valence-corrected chi connectivity index (χ1v) is 9.20. The zero-order chi connectivity index (χ0) is 18.9. The van der Waals surface area contributed by atoms with Gasteiger partial charge in [-0.2, -0.15) is 0 Å². The molecule has 0 fully saturated rings. The highest BCUT2D eigenvalue weighted by Crippen LogP contribution is 2.24. The van der Waals surface area contributed by atoms with Crippen molar-refractivity contribution >= 4 is 32.7 Å². The number of hydrogen-bond donors (Lipinski definition) is 1. The van der Waals surface area contributed by atoms with E-state index < -0.39 is 38.7 Å². The van der Waals surface area contributed by atoms with Crippen molar-refractivity contribution in [2.24, 2.45) is 0 Å². The van der Waals surface area contributed by atoms with Gasteiger partial charge in [0.05, 0.1) is 17.0 Å². The van der Waals surface area contributed by atoms with Crippen molar-refractivity contribution in [2.45, 2.75) is 13.3 Å². The fourth-order valence-electron chi connectivity index (χ4n) is 2.33. The number of carbonyl (C=O) groups excluding carboxylic acids is 1. The van der Waals surface area contributed by atoms with Gasteiger partial charge in [0.15, 0.2) is 12.2 Å². The molecule has 0 atom stereocenters. The molecular formula is C16H13F2N3O4S. The summed E-state index contributed by atoms with van der Waals surface area (Å²) in [7, 11) is -3.86. The van der Waals surface area contributed by atoms with Crippen molar-refractivity contribution < 1.29 is 26.4 Å². The number of hydrogen-bond acceptors (Lipinski definition) is 6. The molecule has 2 heterocycles. The smallest absolute Gasteiger partial charge is 0.247 e. The molecule has 0 radical (unpaired) electrons. The highest BCUT2D eigenvalue weighted by Gasteiger charge is 2.22. The quantitative estimate of drug-likeness (QED) is 0.659. The molecule has 0 bridgehead atoms. The maximum Gasteiger partial charge on any atom is 0.247 e. The van der Waals surface area contributed by atoms with Crippen LogP contribution in [0, 0.1) is 11.6 Å². The number of benzene rings is 1. The SMILES string of the molecule is CCCS(=O)(=O)Nc1cc(F)cc(C(=O)c2ccc3ncoc3n2)c1F. The maximum absolute atomic E-state index is 14.6. The number of ketones is 1. The van der Waals surface area contributed by atoms with Crippen LogP contribution >= 0.6 is 0 Å². The lowest BCUT2D eigenvalue weighted by atomic mass is 10.1. The van der Waals surface area contributed by atoms with Gasteiger partial charge in [-0.1, -0.05) is 6.92 Å². The van der Waals surface area contributed by atoms with Gasteiger partial charge >= 0.3 is 0 Å². The van der Waals surface area contributed by atoms with Crippen LogP contribution in [0.25, 0.3) is 11.2 Å². The molecule has 2 aromatic heterocycles. The van der Waals surface area contributed by atoms with Gasteiger partial charge in [-0.3, -0.25) is 9.52 Å². The minimum atomic E-state index is -3.86. The number of sulfonamides is 1. The van der Waals surface area contributed by atoms with Gasteiger partial charge in [-0.25, -0.2) is 27.2 Å². The summed E-state index contributed by atoms with van der Waals surface area (Å²) in [6, 6.07) is 4.09. The minimum Gasteiger partial charge on any atom is -0.425 e. The van der Waals surface area contributed by atoms with E-state index in [1.54, 1.807) is 6.92 Å². The number of oxazole rings is 1. The Morgan fingerprint density at radius 1 is 1.27 bits per heavy atom. The molecule has 0 unspecified atom stereocenters. The van der Waals surface area contributed by atoms with E-state index in [2.05, 4.69) is 9.97 Å². The molecular weight excluding hydrogens is 368 g/mol. The van der Waals surface area contributed by atoms with Crippen LogP contribution in [0.1, 0.15) is 29.4 Å². The van der Waals surface area contributed by atoms with Gasteiger partial charge in [0, 0.05) is 6.07 Å². The van der Waals surface area contributed by atoms with Gasteiger partial charge in [-0.05, 0) is 24.6 Å². The molecule has 7 nitrogen and oxygen atoms in total. The van der Waals surface area contributed by atoms with Crippen molar-refractivity contribution in [2.75, 3.05) is 10.5 Å². The summed E-state index contributed by atoms with van der Waals surface area (Å²) in [6.07, 6.45) is 1.43. The normalized spacial score (nSPS) is 11.7. The second-order valence-corrected chi connectivity index (χ2v) is 7.28. The molecule has 1 N–H and O–H groups in total. The van der Waals surface area contributed by atoms with Crippen molar-refractivity contribution in [1.82, 2.24) is 9.97 Å². The Labute approximate surface area is 147 Å². The summed E-state index contributed by atoms with van der Waals surface area (Å²) in [5.74, 6) is -3.34. The van der Waals surface area contributed by atoms with Crippen LogP contribution < -0.4 is 4.72 Å². The summed E-state index contributed by atoms with van der Waals surface area (Å²) in [5.41, 5.74) is -1.01. The average molecular weight is 381 g/mol. The summed E-state index contributed by atoms with van der Waals surface area (Å²) in [6.45, 7) is 1.63. The number of aromatic nitrogens is 2. The third kappa shape index (κ3) is 3.54. The van der Waals surface area contributed by atoms with E-state index in [9.17, 15) is 22.0 Å². The first-order chi connectivity index (χ1) is 12.3. The molecule has 0 saturated carbocycles. The van der Waals surface area contributed by atoms with Gasteiger partial charge in [0.2, 0.25) is 21.5 Å². The largest absolute Gasteiger partial charge is 0.425 e. The van der Waals surface area contributed by atoms with Crippen LogP contribution in [0.4, 0.5) is 14.5 Å². The second kappa shape index (κ2) is 6.79. The zero-order valence-corrected chi connectivity index (χ0v) is 14.3. The van der Waals surface area contributed by atoms with Gasteiger partial charge in [-0.15, -0.1) is 0 Å². The van der Waals surface area contributed by atoms with Gasteiger partial charge in [0.25, 0.3) is 0 Å². The lowest BCUT2D eigenvalue weighted by Crippen LogP contribution is -2.18. The number of rotatable bonds is 6. The molecule has 1 aromatic carbocycles. The monoisotopic (exact) mass is 381 g/mol. The number of halogens is 2. The van der Waals surface area contributed by atoms with E-state index in [0.29, 0.717) is 24.1 Å². The van der Waals surface area contributed by atoms with E-state index in [1.165, 1.54) is 12.1 Å². The molecule has 3 aromatic rings. The second-order valence-electron chi connectivity index (χ2n) is 5.44. The molecule has 0 aliphatic heterocycles. The number of pyridine rings is 1. The number of nitrogens with zero attached hydrogens (tertiary/aromatic N) is 2. The minimum absolute atomic E-state index is 0.0662. The van der Waals surface area contributed by atoms with Crippen molar-refractivity contribution in [3.63, 3.8) is 0 Å². The number of carbonyl (C=O) groups is 1. The van der Waals surface area contributed by atoms with Crippen LogP contribution in [0.15, 0.2) is 35.1 Å². The van der Waals surface area contributed by atoms with E-state index in [0.717, 1.165) is 6.39 Å². The van der Waals surface area contributed by atoms with E-state index in [-0.39, 0.29) is 17.2 Å². The van der Waals surface area contributed by atoms with Crippen LogP contribution in [0.2, 0.25) is 0 Å². The number of anilines is 1. The van der Waals surface area contributed by atoms with E-state index in [1.807, 2.05) is 4.72 Å². The average Bonchev–Trinajstić information content (AvgIpc) is 3.04. The standard InChI is InChI=1S/C16H13F2N3O4S/c1-2-5-26(23,24)21-13-7-9(17)6-10(14(13)18)15(22)11-3-4-12-16(20-11)25-8-19-12/h3-4,6-8,21H,2,5H2,1H3. The molecule has 0 amide bonds. The Hall–Kier alpha value is -2.88. The Morgan fingerprint density at radius 2 is 2.04 bits per heavy atom. The van der Waals surface area contributed by atoms with Crippen LogP contribution in [-0.4, -0.2) is 29.9 Å². The van der Waals surface area contributed by atoms with Gasteiger partial charge in [0.1, 0.15) is 17.0 Å². The van der Waals surface area contributed by atoms with E-state index in [4.69, 9.17) is 4.42 Å². The highest BCUT2D eigenvalue weighted by atomic mass is 32.2. The van der Waals surface area contributed by atoms with Crippen molar-refractivity contribution in [3.05, 3.63) is 53.6 Å². The maximum atomic E-state index is 14.6. The highest BCUT2D eigenvalue weighted by molar-refractivity contribution is 7.92. The zero-order valence-electron chi connectivity index (χ0n) is 13.5. The van der Waals surface area contributed by atoms with Gasteiger partial charge < -0.3 is 4.42 Å². The van der Waals surface area contributed by atoms with Crippen LogP contribution in [0.5, 0.6) is 0 Å². The summed E-state index contributed by atoms with van der Waals surface area (Å²) >= 11 is 0. The lowest BCUT2D eigenvalue weighted by Gasteiger charge is -2.11. The molecule has 0 aliphatic rings. The summed E-state index contributed by atoms with van der Waals surface area (Å²) in [5, 5.41) is 0. The molecule has 0 spiro atoms. The molecule has 0 saturated heterocycles. The molecule has 0 aliphatic carbocycles. The van der Waals surface area contributed by atoms with Crippen LogP contribution in [0.3, 0.4) is 0 Å². The number of fused-ring (bicyclic) bond motifs is 1. The predicted molar refractivity (Wildman–Crippen MR) is 89.3 cm³/mol. The Kier molecular flexibility index (Phi) is 4.68. The third-order valence-electron chi connectivity index (χ3n) is 3.45. The summed E-state index contributed by atoms with van der Waals surface area (Å²) < 4.78 is 59.0. The third-order valence-corrected chi connectivity index (χ3v) is 4.93. The Bertz CT molecular complexity index is 1100. The molecule has 26 heavy (non-hydrogen) atoms. The molecule has 136 valence electrons. The first-order valence-electron chi connectivity index (χ1n) is 7.55. The fourth-order valence-corrected chi connectivity index (χ4v) is 3.45.